The molecule has 0 amide bonds. The van der Waals surface area contributed by atoms with Crippen LogP contribution in [0.25, 0.3) is 0 Å². The number of esters is 1. The Bertz CT molecular complexity index is 456. The van der Waals surface area contributed by atoms with Crippen molar-refractivity contribution in [3.05, 3.63) is 33.8 Å². The van der Waals surface area contributed by atoms with E-state index in [0.717, 1.165) is 5.56 Å². The molecule has 1 aromatic carbocycles. The molecule has 18 heavy (non-hydrogen) atoms. The number of ketones is 1. The maximum atomic E-state index is 11.8. The van der Waals surface area contributed by atoms with Gasteiger partial charge in [0.1, 0.15) is 0 Å². The third kappa shape index (κ3) is 4.21. The normalized spacial score (nSPS) is 12.0. The summed E-state index contributed by atoms with van der Waals surface area (Å²) in [5.41, 5.74) is 1.42. The molecule has 0 radical (unpaired) electrons. The molecule has 5 heteroatoms. The summed E-state index contributed by atoms with van der Waals surface area (Å²) in [7, 11) is 0. The molecule has 1 atom stereocenters. The van der Waals surface area contributed by atoms with Crippen LogP contribution in [0.15, 0.2) is 22.7 Å². The summed E-state index contributed by atoms with van der Waals surface area (Å²) in [6.45, 7) is 3.92. The van der Waals surface area contributed by atoms with Crippen molar-refractivity contribution in [2.24, 2.45) is 0 Å². The molecule has 1 aromatic rings. The minimum Gasteiger partial charge on any atom is -0.466 e. The molecule has 98 valence electrons. The van der Waals surface area contributed by atoms with Gasteiger partial charge in [0.05, 0.1) is 17.9 Å². The summed E-state index contributed by atoms with van der Waals surface area (Å²) >= 11 is 6.60. The molecule has 0 aliphatic heterocycles. The van der Waals surface area contributed by atoms with Gasteiger partial charge in [-0.25, -0.2) is 0 Å². The molecule has 0 bridgehead atoms. The molecule has 0 aliphatic rings. The van der Waals surface area contributed by atoms with E-state index in [1.165, 1.54) is 0 Å². The molecule has 0 N–H and O–H groups in total. The number of Topliss-reactive ketones (excluding diaryl/α,β-unsaturated/α-hetero) is 1. The van der Waals surface area contributed by atoms with E-state index in [1.54, 1.807) is 32.0 Å². The first-order valence-corrected chi connectivity index (χ1v) is 7.29. The molecule has 0 aromatic heterocycles. The maximum Gasteiger partial charge on any atom is 0.310 e. The van der Waals surface area contributed by atoms with Crippen LogP contribution < -0.4 is 0 Å². The van der Waals surface area contributed by atoms with Crippen molar-refractivity contribution in [3.63, 3.8) is 0 Å². The van der Waals surface area contributed by atoms with Crippen molar-refractivity contribution in [3.8, 4) is 0 Å². The van der Waals surface area contributed by atoms with Crippen LogP contribution in [0, 0.1) is 0 Å². The lowest BCUT2D eigenvalue weighted by Gasteiger charge is -2.08. The lowest BCUT2D eigenvalue weighted by molar-refractivity contribution is -0.142. The van der Waals surface area contributed by atoms with E-state index in [-0.39, 0.29) is 23.0 Å². The van der Waals surface area contributed by atoms with Gasteiger partial charge in [-0.2, -0.15) is 0 Å². The predicted molar refractivity (Wildman–Crippen MR) is 77.2 cm³/mol. The Morgan fingerprint density at radius 3 is 2.56 bits per heavy atom. The summed E-state index contributed by atoms with van der Waals surface area (Å²) in [5, 5.41) is 0. The largest absolute Gasteiger partial charge is 0.466 e. The quantitative estimate of drug-likeness (QED) is 0.448. The summed E-state index contributed by atoms with van der Waals surface area (Å²) in [6.07, 6.45) is 0.213. The Hall–Kier alpha value is -0.680. The van der Waals surface area contributed by atoms with Gasteiger partial charge in [-0.15, -0.1) is 0 Å². The van der Waals surface area contributed by atoms with Gasteiger partial charge >= 0.3 is 5.97 Å². The first-order valence-electron chi connectivity index (χ1n) is 5.58. The first-order chi connectivity index (χ1) is 8.45. The molecular formula is C13H14Br2O3. The molecule has 0 saturated heterocycles. The van der Waals surface area contributed by atoms with Gasteiger partial charge < -0.3 is 4.74 Å². The van der Waals surface area contributed by atoms with Gasteiger partial charge in [0.25, 0.3) is 0 Å². The van der Waals surface area contributed by atoms with Gasteiger partial charge in [0.15, 0.2) is 5.78 Å². The van der Waals surface area contributed by atoms with Crippen LogP contribution in [0.2, 0.25) is 0 Å². The fourth-order valence-corrected chi connectivity index (χ4v) is 2.33. The highest BCUT2D eigenvalue weighted by molar-refractivity contribution is 9.10. The van der Waals surface area contributed by atoms with Gasteiger partial charge in [0, 0.05) is 10.0 Å². The number of carbonyl (C=O) groups excluding carboxylic acids is 2. The molecule has 0 spiro atoms. The van der Waals surface area contributed by atoms with Crippen LogP contribution >= 0.6 is 31.9 Å². The second kappa shape index (κ2) is 7.04. The average molecular weight is 378 g/mol. The molecular weight excluding hydrogens is 364 g/mol. The predicted octanol–water partition coefficient (Wildman–Crippen LogP) is 3.52. The number of carbonyl (C=O) groups is 2. The zero-order chi connectivity index (χ0) is 13.7. The van der Waals surface area contributed by atoms with E-state index >= 15 is 0 Å². The fraction of sp³-hybridized carbons (Fsp3) is 0.385. The smallest absolute Gasteiger partial charge is 0.310 e. The third-order valence-electron chi connectivity index (χ3n) is 2.31. The van der Waals surface area contributed by atoms with Crippen LogP contribution in [0.5, 0.6) is 0 Å². The standard InChI is InChI=1S/C13H14Br2O3/c1-3-18-12(16)7-9-4-5-10(11(15)6-9)13(17)8(2)14/h4-6,8H,3,7H2,1-2H3. The average Bonchev–Trinajstić information content (AvgIpc) is 2.28. The number of benzene rings is 1. The Morgan fingerprint density at radius 2 is 2.06 bits per heavy atom. The van der Waals surface area contributed by atoms with Crippen molar-refractivity contribution in [2.45, 2.75) is 25.1 Å². The topological polar surface area (TPSA) is 43.4 Å². The number of alkyl halides is 1. The van der Waals surface area contributed by atoms with Crippen LogP contribution in [-0.4, -0.2) is 23.2 Å². The van der Waals surface area contributed by atoms with Crippen LogP contribution in [0.4, 0.5) is 0 Å². The van der Waals surface area contributed by atoms with Gasteiger partial charge in [-0.05, 0) is 31.5 Å². The van der Waals surface area contributed by atoms with Crippen molar-refractivity contribution in [1.29, 1.82) is 0 Å². The van der Waals surface area contributed by atoms with Crippen molar-refractivity contribution in [2.75, 3.05) is 6.61 Å². The van der Waals surface area contributed by atoms with Gasteiger partial charge in [-0.1, -0.05) is 37.9 Å². The van der Waals surface area contributed by atoms with Gasteiger partial charge in [0.2, 0.25) is 0 Å². The number of hydrogen-bond acceptors (Lipinski definition) is 3. The molecule has 3 nitrogen and oxygen atoms in total. The number of hydrogen-bond donors (Lipinski definition) is 0. The summed E-state index contributed by atoms with van der Waals surface area (Å²) < 4.78 is 5.57. The van der Waals surface area contributed by atoms with Gasteiger partial charge in [-0.3, -0.25) is 9.59 Å². The zero-order valence-electron chi connectivity index (χ0n) is 10.2. The lowest BCUT2D eigenvalue weighted by Crippen LogP contribution is -2.12. The molecule has 1 unspecified atom stereocenters. The Labute approximate surface area is 123 Å². The second-order valence-electron chi connectivity index (χ2n) is 3.78. The minimum absolute atomic E-state index is 0.00422. The van der Waals surface area contributed by atoms with E-state index in [2.05, 4.69) is 31.9 Å². The second-order valence-corrected chi connectivity index (χ2v) is 6.00. The molecule has 0 saturated carbocycles. The maximum absolute atomic E-state index is 11.8. The Balaban J connectivity index is 2.86. The summed E-state index contributed by atoms with van der Waals surface area (Å²) in [4.78, 5) is 22.9. The molecule has 0 heterocycles. The third-order valence-corrected chi connectivity index (χ3v) is 3.39. The van der Waals surface area contributed by atoms with E-state index in [0.29, 0.717) is 16.6 Å². The van der Waals surface area contributed by atoms with E-state index in [9.17, 15) is 9.59 Å². The highest BCUT2D eigenvalue weighted by Gasteiger charge is 2.15. The van der Waals surface area contributed by atoms with Crippen molar-refractivity contribution >= 4 is 43.6 Å². The molecule has 1 rings (SSSR count). The molecule has 0 fully saturated rings. The van der Waals surface area contributed by atoms with E-state index in [1.807, 2.05) is 0 Å². The number of halogens is 2. The highest BCUT2D eigenvalue weighted by atomic mass is 79.9. The van der Waals surface area contributed by atoms with Crippen molar-refractivity contribution < 1.29 is 14.3 Å². The minimum atomic E-state index is -0.266. The van der Waals surface area contributed by atoms with Crippen LogP contribution in [0.1, 0.15) is 29.8 Å². The van der Waals surface area contributed by atoms with E-state index < -0.39 is 0 Å². The molecule has 0 aliphatic carbocycles. The first kappa shape index (κ1) is 15.4. The monoisotopic (exact) mass is 376 g/mol. The highest BCUT2D eigenvalue weighted by Crippen LogP contribution is 2.22. The Morgan fingerprint density at radius 1 is 1.39 bits per heavy atom. The number of rotatable bonds is 5. The SMILES string of the molecule is CCOC(=O)Cc1ccc(C(=O)C(C)Br)c(Br)c1. The van der Waals surface area contributed by atoms with Crippen LogP contribution in [0.3, 0.4) is 0 Å². The van der Waals surface area contributed by atoms with Crippen molar-refractivity contribution in [1.82, 2.24) is 0 Å². The zero-order valence-corrected chi connectivity index (χ0v) is 13.4. The number of ether oxygens (including phenoxy) is 1. The summed E-state index contributed by atoms with van der Waals surface area (Å²) in [6, 6.07) is 5.27. The fourth-order valence-electron chi connectivity index (χ4n) is 1.46. The lowest BCUT2D eigenvalue weighted by atomic mass is 10.1. The van der Waals surface area contributed by atoms with E-state index in [4.69, 9.17) is 4.74 Å². The Kier molecular flexibility index (Phi) is 6.02. The summed E-state index contributed by atoms with van der Waals surface area (Å²) in [5.74, 6) is -0.262. The van der Waals surface area contributed by atoms with Crippen LogP contribution in [-0.2, 0) is 16.0 Å².